The Hall–Kier alpha value is -1.98. The highest BCUT2D eigenvalue weighted by atomic mass is 16.6. The maximum atomic E-state index is 10.5. The maximum Gasteiger partial charge on any atom is 0.288 e. The molecule has 0 amide bonds. The Morgan fingerprint density at radius 2 is 2.20 bits per heavy atom. The Labute approximate surface area is 85.7 Å². The molecule has 0 unspecified atom stereocenters. The maximum absolute atomic E-state index is 10.5. The van der Waals surface area contributed by atoms with E-state index in [4.69, 9.17) is 0 Å². The Morgan fingerprint density at radius 3 is 2.80 bits per heavy atom. The second-order valence-electron chi connectivity index (χ2n) is 3.55. The van der Waals surface area contributed by atoms with Gasteiger partial charge in [0.15, 0.2) is 5.65 Å². The minimum Gasteiger partial charge on any atom is -0.258 e. The van der Waals surface area contributed by atoms with Crippen molar-refractivity contribution in [3.8, 4) is 0 Å². The molecule has 0 saturated heterocycles. The van der Waals surface area contributed by atoms with Crippen LogP contribution in [0.25, 0.3) is 11.0 Å². The van der Waals surface area contributed by atoms with E-state index < -0.39 is 4.92 Å². The third-order valence-corrected chi connectivity index (χ3v) is 2.12. The molecule has 0 atom stereocenters. The smallest absolute Gasteiger partial charge is 0.258 e. The fourth-order valence-electron chi connectivity index (χ4n) is 1.41. The van der Waals surface area contributed by atoms with E-state index in [0.717, 1.165) is 0 Å². The van der Waals surface area contributed by atoms with Crippen molar-refractivity contribution >= 4 is 16.7 Å². The van der Waals surface area contributed by atoms with Crippen molar-refractivity contribution in [3.63, 3.8) is 0 Å². The number of nitrogens with zero attached hydrogens (tertiary/aromatic N) is 4. The quantitative estimate of drug-likeness (QED) is 0.555. The lowest BCUT2D eigenvalue weighted by molar-refractivity contribution is -0.385. The van der Waals surface area contributed by atoms with E-state index in [1.54, 1.807) is 10.9 Å². The van der Waals surface area contributed by atoms with Gasteiger partial charge in [-0.25, -0.2) is 9.67 Å². The fraction of sp³-hybridized carbons (Fsp3) is 0.333. The second kappa shape index (κ2) is 3.30. The number of hydrogen-bond donors (Lipinski definition) is 0. The van der Waals surface area contributed by atoms with Gasteiger partial charge >= 0.3 is 0 Å². The van der Waals surface area contributed by atoms with Gasteiger partial charge in [0.05, 0.1) is 11.1 Å². The summed E-state index contributed by atoms with van der Waals surface area (Å²) in [6, 6.07) is 1.67. The Bertz CT molecular complexity index is 518. The van der Waals surface area contributed by atoms with Crippen LogP contribution in [0.2, 0.25) is 0 Å². The summed E-state index contributed by atoms with van der Waals surface area (Å²) in [6.07, 6.45) is 2.85. The van der Waals surface area contributed by atoms with Crippen LogP contribution in [0, 0.1) is 10.1 Å². The van der Waals surface area contributed by atoms with E-state index in [1.165, 1.54) is 12.3 Å². The number of fused-ring (bicyclic) bond motifs is 1. The van der Waals surface area contributed by atoms with Crippen molar-refractivity contribution in [2.45, 2.75) is 19.9 Å². The third kappa shape index (κ3) is 1.54. The average molecular weight is 206 g/mol. The van der Waals surface area contributed by atoms with Crippen LogP contribution < -0.4 is 0 Å². The predicted molar refractivity (Wildman–Crippen MR) is 54.6 cm³/mol. The molecule has 0 aliphatic carbocycles. The minimum absolute atomic E-state index is 0.00851. The van der Waals surface area contributed by atoms with Gasteiger partial charge in [0.2, 0.25) is 0 Å². The number of hydrogen-bond acceptors (Lipinski definition) is 4. The van der Waals surface area contributed by atoms with E-state index in [-0.39, 0.29) is 11.7 Å². The third-order valence-electron chi connectivity index (χ3n) is 2.12. The summed E-state index contributed by atoms with van der Waals surface area (Å²) in [5, 5.41) is 15.3. The van der Waals surface area contributed by atoms with Crippen LogP contribution in [-0.2, 0) is 0 Å². The second-order valence-corrected chi connectivity index (χ2v) is 3.55. The first kappa shape index (κ1) is 9.57. The predicted octanol–water partition coefficient (Wildman–Crippen LogP) is 1.92. The molecule has 0 fully saturated rings. The van der Waals surface area contributed by atoms with Crippen molar-refractivity contribution < 1.29 is 4.92 Å². The van der Waals surface area contributed by atoms with Crippen molar-refractivity contribution in [3.05, 3.63) is 28.6 Å². The molecule has 0 radical (unpaired) electrons. The summed E-state index contributed by atoms with van der Waals surface area (Å²) >= 11 is 0. The normalized spacial score (nSPS) is 11.1. The fourth-order valence-corrected chi connectivity index (χ4v) is 1.41. The molecule has 2 rings (SSSR count). The molecule has 0 aliphatic heterocycles. The van der Waals surface area contributed by atoms with Crippen molar-refractivity contribution in [1.82, 2.24) is 14.8 Å². The molecular weight excluding hydrogens is 196 g/mol. The lowest BCUT2D eigenvalue weighted by atomic mass is 10.3. The molecule has 0 aliphatic rings. The van der Waals surface area contributed by atoms with Crippen molar-refractivity contribution in [2.75, 3.05) is 0 Å². The molecule has 2 heterocycles. The van der Waals surface area contributed by atoms with E-state index in [2.05, 4.69) is 10.1 Å². The first-order chi connectivity index (χ1) is 7.09. The number of rotatable bonds is 2. The van der Waals surface area contributed by atoms with Gasteiger partial charge < -0.3 is 0 Å². The molecule has 0 bridgehead atoms. The van der Waals surface area contributed by atoms with Crippen LogP contribution in [0.1, 0.15) is 19.9 Å². The van der Waals surface area contributed by atoms with Crippen LogP contribution in [0.3, 0.4) is 0 Å². The lowest BCUT2D eigenvalue weighted by Crippen LogP contribution is -2.03. The molecule has 0 spiro atoms. The largest absolute Gasteiger partial charge is 0.288 e. The van der Waals surface area contributed by atoms with Gasteiger partial charge in [0.25, 0.3) is 5.69 Å². The van der Waals surface area contributed by atoms with Gasteiger partial charge in [0.1, 0.15) is 6.20 Å². The highest BCUT2D eigenvalue weighted by Crippen LogP contribution is 2.19. The molecule has 0 saturated carbocycles. The first-order valence-electron chi connectivity index (χ1n) is 4.57. The van der Waals surface area contributed by atoms with Gasteiger partial charge in [-0.15, -0.1) is 0 Å². The molecule has 78 valence electrons. The van der Waals surface area contributed by atoms with Crippen LogP contribution in [0.4, 0.5) is 5.69 Å². The number of aromatic nitrogens is 3. The monoisotopic (exact) mass is 206 g/mol. The Kier molecular flexibility index (Phi) is 2.11. The molecule has 2 aromatic rings. The first-order valence-corrected chi connectivity index (χ1v) is 4.57. The van der Waals surface area contributed by atoms with Gasteiger partial charge in [-0.3, -0.25) is 10.1 Å². The SMILES string of the molecule is CC(C)n1ncc2cc([N+](=O)[O-])cnc21. The van der Waals surface area contributed by atoms with Crippen molar-refractivity contribution in [1.29, 1.82) is 0 Å². The van der Waals surface area contributed by atoms with Crippen LogP contribution in [0.15, 0.2) is 18.5 Å². The van der Waals surface area contributed by atoms with E-state index in [1.807, 2.05) is 13.8 Å². The highest BCUT2D eigenvalue weighted by molar-refractivity contribution is 5.76. The summed E-state index contributed by atoms with van der Waals surface area (Å²) in [6.45, 7) is 3.96. The molecule has 15 heavy (non-hydrogen) atoms. The van der Waals surface area contributed by atoms with Gasteiger partial charge in [0, 0.05) is 17.5 Å². The Balaban J connectivity index is 2.61. The lowest BCUT2D eigenvalue weighted by Gasteiger charge is -2.05. The van der Waals surface area contributed by atoms with Gasteiger partial charge in [-0.05, 0) is 13.8 Å². The molecule has 6 nitrogen and oxygen atoms in total. The highest BCUT2D eigenvalue weighted by Gasteiger charge is 2.12. The minimum atomic E-state index is -0.459. The molecule has 2 aromatic heterocycles. The van der Waals surface area contributed by atoms with Crippen LogP contribution >= 0.6 is 0 Å². The Morgan fingerprint density at radius 1 is 1.47 bits per heavy atom. The molecule has 0 aromatic carbocycles. The van der Waals surface area contributed by atoms with Crippen LogP contribution in [0.5, 0.6) is 0 Å². The van der Waals surface area contributed by atoms with Gasteiger partial charge in [-0.1, -0.05) is 0 Å². The van der Waals surface area contributed by atoms with Crippen molar-refractivity contribution in [2.24, 2.45) is 0 Å². The zero-order valence-electron chi connectivity index (χ0n) is 8.41. The van der Waals surface area contributed by atoms with E-state index in [0.29, 0.717) is 11.0 Å². The number of pyridine rings is 1. The summed E-state index contributed by atoms with van der Waals surface area (Å²) in [5.74, 6) is 0. The average Bonchev–Trinajstić information content (AvgIpc) is 2.59. The summed E-state index contributed by atoms with van der Waals surface area (Å²) < 4.78 is 1.74. The zero-order chi connectivity index (χ0) is 11.0. The van der Waals surface area contributed by atoms with E-state index in [9.17, 15) is 10.1 Å². The van der Waals surface area contributed by atoms with Gasteiger partial charge in [-0.2, -0.15) is 5.10 Å². The molecule has 0 N–H and O–H groups in total. The topological polar surface area (TPSA) is 73.8 Å². The zero-order valence-corrected chi connectivity index (χ0v) is 8.41. The summed E-state index contributed by atoms with van der Waals surface area (Å²) in [5.41, 5.74) is 0.668. The number of nitro groups is 1. The summed E-state index contributed by atoms with van der Waals surface area (Å²) in [4.78, 5) is 14.1. The standard InChI is InChI=1S/C9H10N4O2/c1-6(2)12-9-7(4-11-12)3-8(5-10-9)13(14)15/h3-6H,1-2H3. The summed E-state index contributed by atoms with van der Waals surface area (Å²) in [7, 11) is 0. The van der Waals surface area contributed by atoms with E-state index >= 15 is 0 Å². The van der Waals surface area contributed by atoms with Crippen LogP contribution in [-0.4, -0.2) is 19.7 Å². The molecular formula is C9H10N4O2. The molecule has 6 heteroatoms.